The third-order valence-corrected chi connectivity index (χ3v) is 2.64. The van der Waals surface area contributed by atoms with Crippen LogP contribution in [0.1, 0.15) is 51.3 Å². The first-order valence-electron chi connectivity index (χ1n) is 6.00. The lowest BCUT2D eigenvalue weighted by atomic mass is 10.1. The van der Waals surface area contributed by atoms with Crippen molar-refractivity contribution in [3.8, 4) is 0 Å². The molecule has 1 unspecified atom stereocenters. The van der Waals surface area contributed by atoms with Crippen molar-refractivity contribution in [1.82, 2.24) is 15.1 Å². The first kappa shape index (κ1) is 12.2. The molecule has 0 aliphatic rings. The van der Waals surface area contributed by atoms with Crippen LogP contribution in [0.2, 0.25) is 0 Å². The van der Waals surface area contributed by atoms with Crippen LogP contribution in [0.15, 0.2) is 12.3 Å². The normalized spacial score (nSPS) is 13.0. The SMILES string of the molecule is CCCCCC(NCC)c1ccn(C)n1. The Labute approximate surface area is 92.9 Å². The molecule has 0 spiro atoms. The van der Waals surface area contributed by atoms with Gasteiger partial charge in [0, 0.05) is 13.2 Å². The summed E-state index contributed by atoms with van der Waals surface area (Å²) in [6, 6.07) is 2.54. The zero-order valence-corrected chi connectivity index (χ0v) is 10.2. The highest BCUT2D eigenvalue weighted by molar-refractivity contribution is 5.05. The number of aryl methyl sites for hydroxylation is 1. The highest BCUT2D eigenvalue weighted by atomic mass is 15.3. The van der Waals surface area contributed by atoms with Gasteiger partial charge in [-0.1, -0.05) is 33.1 Å². The second-order valence-electron chi connectivity index (χ2n) is 4.02. The Morgan fingerprint density at radius 1 is 1.40 bits per heavy atom. The smallest absolute Gasteiger partial charge is 0.0793 e. The van der Waals surface area contributed by atoms with E-state index in [9.17, 15) is 0 Å². The van der Waals surface area contributed by atoms with E-state index in [2.05, 4.69) is 30.3 Å². The van der Waals surface area contributed by atoms with Crippen LogP contribution in [-0.4, -0.2) is 16.3 Å². The fraction of sp³-hybridized carbons (Fsp3) is 0.750. The molecule has 0 saturated carbocycles. The summed E-state index contributed by atoms with van der Waals surface area (Å²) in [4.78, 5) is 0. The molecule has 3 nitrogen and oxygen atoms in total. The summed E-state index contributed by atoms with van der Waals surface area (Å²) in [5, 5.41) is 7.96. The van der Waals surface area contributed by atoms with E-state index in [1.54, 1.807) is 0 Å². The Bertz CT molecular complexity index is 268. The lowest BCUT2D eigenvalue weighted by Gasteiger charge is -2.15. The van der Waals surface area contributed by atoms with Gasteiger partial charge < -0.3 is 5.32 Å². The van der Waals surface area contributed by atoms with Crippen molar-refractivity contribution in [3.63, 3.8) is 0 Å². The largest absolute Gasteiger partial charge is 0.309 e. The molecule has 15 heavy (non-hydrogen) atoms. The minimum absolute atomic E-state index is 0.433. The lowest BCUT2D eigenvalue weighted by molar-refractivity contribution is 0.472. The Morgan fingerprint density at radius 2 is 2.20 bits per heavy atom. The molecule has 1 aromatic heterocycles. The van der Waals surface area contributed by atoms with E-state index in [1.165, 1.54) is 31.4 Å². The second-order valence-corrected chi connectivity index (χ2v) is 4.02. The van der Waals surface area contributed by atoms with E-state index in [-0.39, 0.29) is 0 Å². The van der Waals surface area contributed by atoms with Crippen molar-refractivity contribution in [3.05, 3.63) is 18.0 Å². The first-order chi connectivity index (χ1) is 7.27. The minimum Gasteiger partial charge on any atom is -0.309 e. The number of unbranched alkanes of at least 4 members (excludes halogenated alkanes) is 2. The van der Waals surface area contributed by atoms with Gasteiger partial charge in [-0.2, -0.15) is 5.10 Å². The molecule has 1 atom stereocenters. The molecule has 0 amide bonds. The van der Waals surface area contributed by atoms with E-state index >= 15 is 0 Å². The van der Waals surface area contributed by atoms with Crippen LogP contribution >= 0.6 is 0 Å². The highest BCUT2D eigenvalue weighted by Gasteiger charge is 2.11. The molecule has 0 fully saturated rings. The third-order valence-electron chi connectivity index (χ3n) is 2.64. The van der Waals surface area contributed by atoms with Gasteiger partial charge in [0.1, 0.15) is 0 Å². The van der Waals surface area contributed by atoms with E-state index in [0.29, 0.717) is 6.04 Å². The van der Waals surface area contributed by atoms with Gasteiger partial charge in [0.2, 0.25) is 0 Å². The number of nitrogens with zero attached hydrogens (tertiary/aromatic N) is 2. The molecule has 0 aromatic carbocycles. The van der Waals surface area contributed by atoms with Crippen LogP contribution in [0.3, 0.4) is 0 Å². The fourth-order valence-corrected chi connectivity index (χ4v) is 1.82. The van der Waals surface area contributed by atoms with Gasteiger partial charge in [-0.3, -0.25) is 4.68 Å². The lowest BCUT2D eigenvalue weighted by Crippen LogP contribution is -2.21. The van der Waals surface area contributed by atoms with E-state index < -0.39 is 0 Å². The molecule has 0 aliphatic heterocycles. The van der Waals surface area contributed by atoms with Crippen LogP contribution in [0.25, 0.3) is 0 Å². The summed E-state index contributed by atoms with van der Waals surface area (Å²) < 4.78 is 1.87. The zero-order valence-electron chi connectivity index (χ0n) is 10.2. The standard InChI is InChI=1S/C12H23N3/c1-4-6-7-8-11(13-5-2)12-9-10-15(3)14-12/h9-11,13H,4-8H2,1-3H3. The second kappa shape index (κ2) is 6.62. The fourth-order valence-electron chi connectivity index (χ4n) is 1.82. The maximum Gasteiger partial charge on any atom is 0.0793 e. The Hall–Kier alpha value is -0.830. The average Bonchev–Trinajstić information content (AvgIpc) is 2.64. The van der Waals surface area contributed by atoms with Gasteiger partial charge in [0.15, 0.2) is 0 Å². The molecule has 0 radical (unpaired) electrons. The molecule has 0 aliphatic carbocycles. The topological polar surface area (TPSA) is 29.9 Å². The van der Waals surface area contributed by atoms with E-state index in [0.717, 1.165) is 6.54 Å². The van der Waals surface area contributed by atoms with Gasteiger partial charge in [-0.05, 0) is 19.0 Å². The Kier molecular flexibility index (Phi) is 5.40. The number of hydrogen-bond donors (Lipinski definition) is 1. The zero-order chi connectivity index (χ0) is 11.1. The summed E-state index contributed by atoms with van der Waals surface area (Å²) in [7, 11) is 1.97. The number of rotatable bonds is 7. The van der Waals surface area contributed by atoms with Crippen molar-refractivity contribution in [2.75, 3.05) is 6.54 Å². The molecule has 3 heteroatoms. The quantitative estimate of drug-likeness (QED) is 0.700. The minimum atomic E-state index is 0.433. The first-order valence-corrected chi connectivity index (χ1v) is 6.00. The van der Waals surface area contributed by atoms with Crippen LogP contribution in [0, 0.1) is 0 Å². The highest BCUT2D eigenvalue weighted by Crippen LogP contribution is 2.17. The van der Waals surface area contributed by atoms with Crippen molar-refractivity contribution in [1.29, 1.82) is 0 Å². The molecular formula is C12H23N3. The van der Waals surface area contributed by atoms with Gasteiger partial charge in [-0.25, -0.2) is 0 Å². The van der Waals surface area contributed by atoms with Gasteiger partial charge in [0.25, 0.3) is 0 Å². The molecule has 1 rings (SSSR count). The Balaban J connectivity index is 2.49. The van der Waals surface area contributed by atoms with Crippen LogP contribution in [0.4, 0.5) is 0 Å². The van der Waals surface area contributed by atoms with Crippen molar-refractivity contribution < 1.29 is 0 Å². The summed E-state index contributed by atoms with van der Waals surface area (Å²) in [6.45, 7) is 5.39. The summed E-state index contributed by atoms with van der Waals surface area (Å²) in [5.74, 6) is 0. The van der Waals surface area contributed by atoms with Gasteiger partial charge in [-0.15, -0.1) is 0 Å². The maximum atomic E-state index is 4.46. The van der Waals surface area contributed by atoms with Crippen LogP contribution in [0.5, 0.6) is 0 Å². The molecule has 1 aromatic rings. The van der Waals surface area contributed by atoms with Gasteiger partial charge in [0.05, 0.1) is 11.7 Å². The molecule has 1 heterocycles. The summed E-state index contributed by atoms with van der Waals surface area (Å²) in [6.07, 6.45) is 7.08. The van der Waals surface area contributed by atoms with E-state index in [1.807, 2.05) is 17.9 Å². The predicted molar refractivity (Wildman–Crippen MR) is 63.8 cm³/mol. The molecule has 1 N–H and O–H groups in total. The predicted octanol–water partition coefficient (Wildman–Crippen LogP) is 2.65. The van der Waals surface area contributed by atoms with Crippen LogP contribution in [-0.2, 0) is 7.05 Å². The third kappa shape index (κ3) is 4.04. The molecular weight excluding hydrogens is 186 g/mol. The average molecular weight is 209 g/mol. The monoisotopic (exact) mass is 209 g/mol. The van der Waals surface area contributed by atoms with E-state index in [4.69, 9.17) is 0 Å². The number of nitrogens with one attached hydrogen (secondary N) is 1. The summed E-state index contributed by atoms with van der Waals surface area (Å²) in [5.41, 5.74) is 1.18. The number of aromatic nitrogens is 2. The molecule has 0 saturated heterocycles. The van der Waals surface area contributed by atoms with Crippen molar-refractivity contribution in [2.24, 2.45) is 7.05 Å². The number of hydrogen-bond acceptors (Lipinski definition) is 2. The molecule has 0 bridgehead atoms. The van der Waals surface area contributed by atoms with Crippen molar-refractivity contribution >= 4 is 0 Å². The van der Waals surface area contributed by atoms with Gasteiger partial charge >= 0.3 is 0 Å². The summed E-state index contributed by atoms with van der Waals surface area (Å²) >= 11 is 0. The molecule has 86 valence electrons. The van der Waals surface area contributed by atoms with Crippen molar-refractivity contribution in [2.45, 2.75) is 45.6 Å². The maximum absolute atomic E-state index is 4.46. The Morgan fingerprint density at radius 3 is 2.73 bits per heavy atom. The van der Waals surface area contributed by atoms with Crippen LogP contribution < -0.4 is 5.32 Å².